The summed E-state index contributed by atoms with van der Waals surface area (Å²) in [6.45, 7) is 0.501. The highest BCUT2D eigenvalue weighted by molar-refractivity contribution is 5.90. The largest absolute Gasteiger partial charge is 0.464 e. The number of aromatic nitrogens is 2. The number of hydrogen-bond acceptors (Lipinski definition) is 4. The van der Waals surface area contributed by atoms with Crippen LogP contribution in [0.4, 0.5) is 0 Å². The van der Waals surface area contributed by atoms with E-state index in [1.807, 2.05) is 0 Å². The van der Waals surface area contributed by atoms with Gasteiger partial charge in [-0.1, -0.05) is 11.8 Å². The summed E-state index contributed by atoms with van der Waals surface area (Å²) in [4.78, 5) is 11.4. The van der Waals surface area contributed by atoms with Gasteiger partial charge in [-0.3, -0.25) is 4.68 Å². The molecule has 0 atom stereocenters. The molecule has 15 heavy (non-hydrogen) atoms. The second-order valence-electron chi connectivity index (χ2n) is 2.86. The number of carbonyl (C=O) groups is 1. The van der Waals surface area contributed by atoms with Crippen LogP contribution in [0.15, 0.2) is 6.20 Å². The molecule has 0 aliphatic carbocycles. The standard InChI is InChI=1S/C10H13N3O2/c1-13-9(10(14)15-2)8(7-12-13)5-3-4-6-11/h7H,4,6,11H2,1-2H3. The Labute approximate surface area is 88.2 Å². The summed E-state index contributed by atoms with van der Waals surface area (Å²) in [6.07, 6.45) is 2.13. The van der Waals surface area contributed by atoms with Crippen LogP contribution < -0.4 is 5.73 Å². The van der Waals surface area contributed by atoms with Gasteiger partial charge in [-0.2, -0.15) is 5.10 Å². The van der Waals surface area contributed by atoms with Gasteiger partial charge in [0.25, 0.3) is 0 Å². The Morgan fingerprint density at radius 3 is 3.07 bits per heavy atom. The second kappa shape index (κ2) is 5.17. The maximum atomic E-state index is 11.4. The van der Waals surface area contributed by atoms with E-state index in [9.17, 15) is 4.79 Å². The van der Waals surface area contributed by atoms with Crippen LogP contribution in [0.2, 0.25) is 0 Å². The molecular weight excluding hydrogens is 194 g/mol. The fourth-order valence-corrected chi connectivity index (χ4v) is 1.10. The van der Waals surface area contributed by atoms with E-state index in [0.717, 1.165) is 0 Å². The van der Waals surface area contributed by atoms with Gasteiger partial charge < -0.3 is 10.5 Å². The van der Waals surface area contributed by atoms with E-state index in [-0.39, 0.29) is 0 Å². The number of nitrogens with two attached hydrogens (primary N) is 1. The number of aryl methyl sites for hydroxylation is 1. The molecule has 80 valence electrons. The van der Waals surface area contributed by atoms with E-state index in [1.165, 1.54) is 18.0 Å². The van der Waals surface area contributed by atoms with Crippen molar-refractivity contribution in [1.29, 1.82) is 0 Å². The molecule has 1 aromatic heterocycles. The van der Waals surface area contributed by atoms with E-state index < -0.39 is 5.97 Å². The zero-order chi connectivity index (χ0) is 11.3. The topological polar surface area (TPSA) is 70.1 Å². The van der Waals surface area contributed by atoms with Crippen LogP contribution in [0.5, 0.6) is 0 Å². The van der Waals surface area contributed by atoms with Crippen LogP contribution in [-0.4, -0.2) is 29.4 Å². The van der Waals surface area contributed by atoms with Gasteiger partial charge in [0.05, 0.1) is 18.9 Å². The Morgan fingerprint density at radius 2 is 2.47 bits per heavy atom. The van der Waals surface area contributed by atoms with Gasteiger partial charge in [0.1, 0.15) is 0 Å². The molecule has 0 aliphatic heterocycles. The molecular formula is C10H13N3O2. The number of ether oxygens (including phenoxy) is 1. The molecule has 0 spiro atoms. The van der Waals surface area contributed by atoms with Crippen molar-refractivity contribution in [2.75, 3.05) is 13.7 Å². The summed E-state index contributed by atoms with van der Waals surface area (Å²) >= 11 is 0. The van der Waals surface area contributed by atoms with Crippen LogP contribution in [-0.2, 0) is 11.8 Å². The van der Waals surface area contributed by atoms with Crippen molar-refractivity contribution in [3.63, 3.8) is 0 Å². The maximum absolute atomic E-state index is 11.4. The van der Waals surface area contributed by atoms with E-state index in [0.29, 0.717) is 24.2 Å². The van der Waals surface area contributed by atoms with Crippen molar-refractivity contribution < 1.29 is 9.53 Å². The minimum atomic E-state index is -0.438. The summed E-state index contributed by atoms with van der Waals surface area (Å²) in [5.74, 6) is 5.25. The van der Waals surface area contributed by atoms with Gasteiger partial charge in [0, 0.05) is 20.0 Å². The summed E-state index contributed by atoms with van der Waals surface area (Å²) < 4.78 is 6.07. The number of esters is 1. The van der Waals surface area contributed by atoms with Gasteiger partial charge in [0.15, 0.2) is 5.69 Å². The zero-order valence-electron chi connectivity index (χ0n) is 8.78. The van der Waals surface area contributed by atoms with E-state index in [4.69, 9.17) is 5.73 Å². The quantitative estimate of drug-likeness (QED) is 0.543. The summed E-state index contributed by atoms with van der Waals surface area (Å²) in [5.41, 5.74) is 6.24. The van der Waals surface area contributed by atoms with E-state index in [2.05, 4.69) is 21.7 Å². The van der Waals surface area contributed by atoms with Crippen molar-refractivity contribution >= 4 is 5.97 Å². The third-order valence-corrected chi connectivity index (χ3v) is 1.81. The fourth-order valence-electron chi connectivity index (χ4n) is 1.10. The molecule has 5 heteroatoms. The Bertz CT molecular complexity index is 412. The predicted molar refractivity (Wildman–Crippen MR) is 55.1 cm³/mol. The monoisotopic (exact) mass is 207 g/mol. The van der Waals surface area contributed by atoms with Crippen LogP contribution in [0.3, 0.4) is 0 Å². The first-order chi connectivity index (χ1) is 7.20. The summed E-state index contributed by atoms with van der Waals surface area (Å²) in [7, 11) is 2.99. The normalized spacial score (nSPS) is 9.27. The molecule has 0 aromatic carbocycles. The van der Waals surface area contributed by atoms with Crippen molar-refractivity contribution in [1.82, 2.24) is 9.78 Å². The Morgan fingerprint density at radius 1 is 1.73 bits per heavy atom. The number of hydrogen-bond donors (Lipinski definition) is 1. The highest BCUT2D eigenvalue weighted by atomic mass is 16.5. The molecule has 0 amide bonds. The summed E-state index contributed by atoms with van der Waals surface area (Å²) in [6, 6.07) is 0. The first-order valence-corrected chi connectivity index (χ1v) is 4.50. The Balaban J connectivity index is 3.00. The molecule has 1 heterocycles. The fraction of sp³-hybridized carbons (Fsp3) is 0.400. The average Bonchev–Trinajstić information content (AvgIpc) is 2.59. The van der Waals surface area contributed by atoms with Gasteiger partial charge in [0.2, 0.25) is 0 Å². The molecule has 0 saturated carbocycles. The minimum Gasteiger partial charge on any atom is -0.464 e. The molecule has 0 unspecified atom stereocenters. The molecule has 0 radical (unpaired) electrons. The Kier molecular flexibility index (Phi) is 3.89. The molecule has 0 aliphatic rings. The molecule has 1 aromatic rings. The first kappa shape index (κ1) is 11.3. The van der Waals surface area contributed by atoms with E-state index >= 15 is 0 Å². The molecule has 2 N–H and O–H groups in total. The highest BCUT2D eigenvalue weighted by Gasteiger charge is 2.15. The lowest BCUT2D eigenvalue weighted by atomic mass is 10.2. The summed E-state index contributed by atoms with van der Waals surface area (Å²) in [5, 5.41) is 3.95. The van der Waals surface area contributed by atoms with E-state index in [1.54, 1.807) is 7.05 Å². The van der Waals surface area contributed by atoms with Crippen molar-refractivity contribution in [2.24, 2.45) is 12.8 Å². The smallest absolute Gasteiger partial charge is 0.357 e. The SMILES string of the molecule is COC(=O)c1c(C#CCCN)cnn1C. The lowest BCUT2D eigenvalue weighted by Gasteiger charge is -1.99. The molecule has 0 fully saturated rings. The van der Waals surface area contributed by atoms with Crippen LogP contribution >= 0.6 is 0 Å². The molecule has 5 nitrogen and oxygen atoms in total. The Hall–Kier alpha value is -1.80. The zero-order valence-corrected chi connectivity index (χ0v) is 8.78. The lowest BCUT2D eigenvalue weighted by molar-refractivity contribution is 0.0588. The van der Waals surface area contributed by atoms with Gasteiger partial charge in [-0.15, -0.1) is 0 Å². The first-order valence-electron chi connectivity index (χ1n) is 4.50. The lowest BCUT2D eigenvalue weighted by Crippen LogP contribution is -2.10. The number of nitrogens with zero attached hydrogens (tertiary/aromatic N) is 2. The van der Waals surface area contributed by atoms with Crippen LogP contribution in [0.25, 0.3) is 0 Å². The second-order valence-corrected chi connectivity index (χ2v) is 2.86. The van der Waals surface area contributed by atoms with Gasteiger partial charge in [-0.05, 0) is 0 Å². The van der Waals surface area contributed by atoms with Crippen molar-refractivity contribution in [3.05, 3.63) is 17.5 Å². The van der Waals surface area contributed by atoms with Crippen LogP contribution in [0, 0.1) is 11.8 Å². The third-order valence-electron chi connectivity index (χ3n) is 1.81. The third kappa shape index (κ3) is 2.58. The molecule has 0 saturated heterocycles. The average molecular weight is 207 g/mol. The number of methoxy groups -OCH3 is 1. The minimum absolute atomic E-state index is 0.363. The molecule has 1 rings (SSSR count). The predicted octanol–water partition coefficient (Wildman–Crippen LogP) is -0.0930. The highest BCUT2D eigenvalue weighted by Crippen LogP contribution is 2.07. The van der Waals surface area contributed by atoms with Crippen molar-refractivity contribution in [2.45, 2.75) is 6.42 Å². The van der Waals surface area contributed by atoms with Crippen molar-refractivity contribution in [3.8, 4) is 11.8 Å². The molecule has 0 bridgehead atoms. The van der Waals surface area contributed by atoms with Gasteiger partial charge in [-0.25, -0.2) is 4.79 Å². The maximum Gasteiger partial charge on any atom is 0.357 e. The van der Waals surface area contributed by atoms with Gasteiger partial charge >= 0.3 is 5.97 Å². The van der Waals surface area contributed by atoms with Crippen LogP contribution in [0.1, 0.15) is 22.5 Å². The number of rotatable bonds is 2. The number of carbonyl (C=O) groups excluding carboxylic acids is 1.